The highest BCUT2D eigenvalue weighted by Gasteiger charge is 2.16. The van der Waals surface area contributed by atoms with Gasteiger partial charge < -0.3 is 19.6 Å². The summed E-state index contributed by atoms with van der Waals surface area (Å²) in [6, 6.07) is 8.47. The lowest BCUT2D eigenvalue weighted by Crippen LogP contribution is -2.20. The molecule has 0 saturated carbocycles. The van der Waals surface area contributed by atoms with Crippen LogP contribution in [0.25, 0.3) is 11.0 Å². The van der Waals surface area contributed by atoms with Crippen LogP contribution in [-0.2, 0) is 11.2 Å². The van der Waals surface area contributed by atoms with E-state index in [9.17, 15) is 24.8 Å². The molecule has 0 bridgehead atoms. The second kappa shape index (κ2) is 9.15. The summed E-state index contributed by atoms with van der Waals surface area (Å²) in [5.41, 5.74) is 0.766. The molecule has 2 N–H and O–H groups in total. The van der Waals surface area contributed by atoms with Gasteiger partial charge in [-0.3, -0.25) is 14.9 Å². The molecule has 3 rings (SSSR count). The summed E-state index contributed by atoms with van der Waals surface area (Å²) in [6.45, 7) is 2.89. The number of carbonyl (C=O) groups is 1. The second-order valence-electron chi connectivity index (χ2n) is 6.97. The number of halogens is 1. The van der Waals surface area contributed by atoms with Gasteiger partial charge in [-0.1, -0.05) is 17.7 Å². The van der Waals surface area contributed by atoms with Crippen LogP contribution in [0.2, 0.25) is 5.02 Å². The molecule has 9 nitrogen and oxygen atoms in total. The van der Waals surface area contributed by atoms with Gasteiger partial charge in [0.1, 0.15) is 11.3 Å². The third-order valence-corrected chi connectivity index (χ3v) is 4.83. The van der Waals surface area contributed by atoms with Gasteiger partial charge in [0.25, 0.3) is 11.6 Å². The minimum Gasteiger partial charge on any atom is -0.482 e. The first kappa shape index (κ1) is 22.3. The maximum absolute atomic E-state index is 12.3. The zero-order chi connectivity index (χ0) is 22.7. The van der Waals surface area contributed by atoms with Crippen molar-refractivity contribution in [2.24, 2.45) is 0 Å². The zero-order valence-electron chi connectivity index (χ0n) is 16.7. The first-order valence-corrected chi connectivity index (χ1v) is 9.64. The average Bonchev–Trinajstić information content (AvgIpc) is 2.70. The Morgan fingerprint density at radius 1 is 1.35 bits per heavy atom. The number of nitrogens with one attached hydrogen (secondary N) is 1. The molecule has 0 aliphatic carbocycles. The number of hydrogen-bond acceptors (Lipinski definition) is 7. The Hall–Kier alpha value is -3.43. The Morgan fingerprint density at radius 3 is 2.77 bits per heavy atom. The second-order valence-corrected chi connectivity index (χ2v) is 7.38. The largest absolute Gasteiger partial charge is 0.482 e. The van der Waals surface area contributed by atoms with E-state index in [1.807, 2.05) is 0 Å². The maximum atomic E-state index is 12.3. The van der Waals surface area contributed by atoms with Crippen molar-refractivity contribution in [3.8, 4) is 5.75 Å². The molecule has 3 aromatic rings. The number of amides is 1. The molecule has 2 aromatic carbocycles. The highest BCUT2D eigenvalue weighted by Crippen LogP contribution is 2.32. The summed E-state index contributed by atoms with van der Waals surface area (Å²) < 4.78 is 10.8. The van der Waals surface area contributed by atoms with Crippen LogP contribution >= 0.6 is 11.6 Å². The summed E-state index contributed by atoms with van der Waals surface area (Å²) in [6.07, 6.45) is -0.556. The molecule has 10 heteroatoms. The number of non-ortho nitro benzene ring substituents is 1. The van der Waals surface area contributed by atoms with Crippen molar-refractivity contribution >= 4 is 39.9 Å². The van der Waals surface area contributed by atoms with Crippen LogP contribution in [0, 0.1) is 17.0 Å². The molecular formula is C21H19ClN2O7. The minimum atomic E-state index is -0.707. The molecule has 1 aromatic heterocycles. The molecule has 31 heavy (non-hydrogen) atoms. The van der Waals surface area contributed by atoms with E-state index in [2.05, 4.69) is 5.32 Å². The van der Waals surface area contributed by atoms with Crippen molar-refractivity contribution in [1.29, 1.82) is 0 Å². The number of carbonyl (C=O) groups excluding carboxylic acids is 1. The monoisotopic (exact) mass is 446 g/mol. The van der Waals surface area contributed by atoms with Gasteiger partial charge in [0, 0.05) is 41.3 Å². The number of nitro groups is 1. The van der Waals surface area contributed by atoms with E-state index >= 15 is 0 Å². The molecule has 1 heterocycles. The van der Waals surface area contributed by atoms with E-state index in [0.717, 1.165) is 0 Å². The molecule has 162 valence electrons. The summed E-state index contributed by atoms with van der Waals surface area (Å²) >= 11 is 6.27. The Balaban J connectivity index is 1.78. The predicted molar refractivity (Wildman–Crippen MR) is 115 cm³/mol. The van der Waals surface area contributed by atoms with E-state index in [4.69, 9.17) is 20.8 Å². The number of anilines is 1. The van der Waals surface area contributed by atoms with Gasteiger partial charge in [-0.15, -0.1) is 0 Å². The Labute approximate surface area is 181 Å². The molecular weight excluding hydrogens is 428 g/mol. The van der Waals surface area contributed by atoms with Crippen LogP contribution < -0.4 is 15.7 Å². The number of benzene rings is 2. The number of aliphatic hydroxyl groups is 1. The lowest BCUT2D eigenvalue weighted by Gasteiger charge is -2.12. The Morgan fingerprint density at radius 2 is 2.10 bits per heavy atom. The highest BCUT2D eigenvalue weighted by molar-refractivity contribution is 6.32. The molecule has 0 spiro atoms. The lowest BCUT2D eigenvalue weighted by atomic mass is 10.0. The minimum absolute atomic E-state index is 0.134. The van der Waals surface area contributed by atoms with Gasteiger partial charge in [0.15, 0.2) is 6.61 Å². The number of ether oxygens (including phenoxy) is 1. The fourth-order valence-corrected chi connectivity index (χ4v) is 3.29. The zero-order valence-corrected chi connectivity index (χ0v) is 17.4. The number of fused-ring (bicyclic) bond motifs is 1. The number of rotatable bonds is 7. The van der Waals surface area contributed by atoms with Crippen LogP contribution in [0.3, 0.4) is 0 Å². The number of aliphatic hydroxyl groups excluding tert-OH is 1. The van der Waals surface area contributed by atoms with Gasteiger partial charge >= 0.3 is 5.63 Å². The van der Waals surface area contributed by atoms with Gasteiger partial charge in [-0.25, -0.2) is 4.79 Å². The van der Waals surface area contributed by atoms with Crippen LogP contribution in [0.1, 0.15) is 18.1 Å². The summed E-state index contributed by atoms with van der Waals surface area (Å²) in [7, 11) is 0. The molecule has 0 aliphatic heterocycles. The van der Waals surface area contributed by atoms with Gasteiger partial charge in [-0.05, 0) is 31.5 Å². The fraction of sp³-hybridized carbons (Fsp3) is 0.238. The molecule has 0 saturated heterocycles. The van der Waals surface area contributed by atoms with Gasteiger partial charge in [0.2, 0.25) is 0 Å². The summed E-state index contributed by atoms with van der Waals surface area (Å²) in [4.78, 5) is 34.7. The summed E-state index contributed by atoms with van der Waals surface area (Å²) in [5.74, 6) is -0.421. The number of hydrogen-bond donors (Lipinski definition) is 2. The summed E-state index contributed by atoms with van der Waals surface area (Å²) in [5, 5.41) is 23.7. The molecule has 1 amide bonds. The molecule has 0 fully saturated rings. The van der Waals surface area contributed by atoms with E-state index in [1.165, 1.54) is 30.3 Å². The predicted octanol–water partition coefficient (Wildman–Crippen LogP) is 3.60. The first-order chi connectivity index (χ1) is 14.7. The fourth-order valence-electron chi connectivity index (χ4n) is 3.07. The third kappa shape index (κ3) is 5.19. The van der Waals surface area contributed by atoms with Crippen molar-refractivity contribution in [2.75, 3.05) is 11.9 Å². The molecule has 1 unspecified atom stereocenters. The Bertz CT molecular complexity index is 1220. The maximum Gasteiger partial charge on any atom is 0.339 e. The number of nitrogens with zero attached hydrogens (tertiary/aromatic N) is 1. The van der Waals surface area contributed by atoms with Crippen LogP contribution in [-0.4, -0.2) is 28.6 Å². The van der Waals surface area contributed by atoms with Crippen molar-refractivity contribution < 1.29 is 24.0 Å². The quantitative estimate of drug-likeness (QED) is 0.322. The average molecular weight is 447 g/mol. The van der Waals surface area contributed by atoms with Crippen molar-refractivity contribution in [1.82, 2.24) is 0 Å². The highest BCUT2D eigenvalue weighted by atomic mass is 35.5. The van der Waals surface area contributed by atoms with Crippen molar-refractivity contribution in [3.63, 3.8) is 0 Å². The van der Waals surface area contributed by atoms with Gasteiger partial charge in [0.05, 0.1) is 16.0 Å². The lowest BCUT2D eigenvalue weighted by molar-refractivity contribution is -0.384. The van der Waals surface area contributed by atoms with Gasteiger partial charge in [-0.2, -0.15) is 0 Å². The van der Waals surface area contributed by atoms with Crippen molar-refractivity contribution in [2.45, 2.75) is 26.4 Å². The smallest absolute Gasteiger partial charge is 0.339 e. The number of nitro benzene ring substituents is 1. The number of aryl methyl sites for hydroxylation is 1. The van der Waals surface area contributed by atoms with Crippen LogP contribution in [0.4, 0.5) is 11.4 Å². The third-order valence-electron chi connectivity index (χ3n) is 4.54. The standard InChI is InChI=1S/C21H19ClN2O7/c1-11(25)6-16-12(2)15-8-17(22)19(9-18(15)31-21(16)27)30-10-20(26)23-13-4-3-5-14(7-13)24(28)29/h3-5,7-9,11,25H,6,10H2,1-2H3,(H,23,26). The Kier molecular flexibility index (Phi) is 6.57. The normalized spacial score (nSPS) is 11.9. The van der Waals surface area contributed by atoms with E-state index in [-0.39, 0.29) is 34.2 Å². The van der Waals surface area contributed by atoms with E-state index in [1.54, 1.807) is 19.9 Å². The molecule has 1 atom stereocenters. The van der Waals surface area contributed by atoms with E-state index < -0.39 is 29.2 Å². The van der Waals surface area contributed by atoms with Crippen molar-refractivity contribution in [3.05, 3.63) is 73.1 Å². The SMILES string of the molecule is Cc1c(CC(C)O)c(=O)oc2cc(OCC(=O)Nc3cccc([N+](=O)[O-])c3)c(Cl)cc12. The molecule has 0 radical (unpaired) electrons. The topological polar surface area (TPSA) is 132 Å². The van der Waals surface area contributed by atoms with E-state index in [0.29, 0.717) is 16.5 Å². The first-order valence-electron chi connectivity index (χ1n) is 9.26. The van der Waals surface area contributed by atoms with Crippen LogP contribution in [0.5, 0.6) is 5.75 Å². The van der Waals surface area contributed by atoms with Crippen LogP contribution in [0.15, 0.2) is 45.6 Å². The molecule has 0 aliphatic rings.